The van der Waals surface area contributed by atoms with Crippen LogP contribution >= 0.6 is 0 Å². The fraction of sp³-hybridized carbons (Fsp3) is 0.571. The first-order valence-electron chi connectivity index (χ1n) is 3.45. The quantitative estimate of drug-likeness (QED) is 0.571. The average molecular weight is 170 g/mol. The molecule has 0 aromatic heterocycles. The van der Waals surface area contributed by atoms with E-state index in [-0.39, 0.29) is 20.4 Å². The van der Waals surface area contributed by atoms with Gasteiger partial charge in [-0.3, -0.25) is 0 Å². The van der Waals surface area contributed by atoms with Crippen LogP contribution in [0.5, 0.6) is 0 Å². The molecule has 0 aliphatic rings. The van der Waals surface area contributed by atoms with E-state index in [2.05, 4.69) is 0 Å². The molecule has 0 aromatic carbocycles. The molecule has 0 bridgehead atoms. The number of ketones is 1. The Kier molecular flexibility index (Phi) is 4.24. The molecule has 0 N–H and O–H groups in total. The van der Waals surface area contributed by atoms with Crippen molar-refractivity contribution in [1.29, 1.82) is 0 Å². The molecule has 0 aromatic rings. The number of hydrogen-bond acceptors (Lipinski definition) is 3. The summed E-state index contributed by atoms with van der Waals surface area (Å²) in [4.78, 5) is 32.2. The van der Waals surface area contributed by atoms with Gasteiger partial charge in [-0.05, 0) is 26.1 Å². The van der Waals surface area contributed by atoms with Crippen LogP contribution in [0.4, 0.5) is 0 Å². The smallest absolute Gasteiger partial charge is 0.320 e. The van der Waals surface area contributed by atoms with E-state index in [9.17, 15) is 14.4 Å². The normalized spacial score (nSPS) is 9.00. The van der Waals surface area contributed by atoms with Crippen LogP contribution in [-0.4, -0.2) is 29.2 Å². The minimum atomic E-state index is -2.07. The molecule has 0 unspecified atom stereocenters. The highest BCUT2D eigenvalue weighted by molar-refractivity contribution is 7.11. The first kappa shape index (κ1) is 10.5. The minimum Gasteiger partial charge on any atom is -0.320 e. The van der Waals surface area contributed by atoms with Gasteiger partial charge in [0.05, 0.1) is 9.29 Å². The topological polar surface area (TPSA) is 51.2 Å². The highest BCUT2D eigenvalue weighted by Crippen LogP contribution is 1.96. The lowest BCUT2D eigenvalue weighted by molar-refractivity contribution is -0.117. The lowest BCUT2D eigenvalue weighted by Gasteiger charge is -1.98. The van der Waals surface area contributed by atoms with Crippen molar-refractivity contribution in [3.63, 3.8) is 0 Å². The standard InChI is InChI=1S/C3H5O.2C2H3O.Al/c1-3(2)4;2*1-2-3;/h1H2,2H3;2*1H3;. The van der Waals surface area contributed by atoms with Gasteiger partial charge in [-0.1, -0.05) is 0 Å². The summed E-state index contributed by atoms with van der Waals surface area (Å²) in [6, 6.07) is 0. The fourth-order valence-corrected chi connectivity index (χ4v) is 2.58. The van der Waals surface area contributed by atoms with Crippen molar-refractivity contribution in [3.8, 4) is 0 Å². The van der Waals surface area contributed by atoms with Crippen molar-refractivity contribution >= 4 is 29.2 Å². The van der Waals surface area contributed by atoms with Gasteiger partial charge in [-0.2, -0.15) is 0 Å². The maximum absolute atomic E-state index is 10.8. The van der Waals surface area contributed by atoms with Crippen LogP contribution in [0.15, 0.2) is 0 Å². The Morgan fingerprint density at radius 3 is 1.45 bits per heavy atom. The zero-order valence-corrected chi connectivity index (χ0v) is 8.16. The largest absolute Gasteiger partial charge is 0.467 e. The molecular weight excluding hydrogens is 159 g/mol. The molecule has 0 aliphatic carbocycles. The van der Waals surface area contributed by atoms with Gasteiger partial charge in [0, 0.05) is 0 Å². The molecule has 0 heterocycles. The molecular formula is C7H11AlO3. The van der Waals surface area contributed by atoms with Gasteiger partial charge in [0.25, 0.3) is 0 Å². The number of Topliss-reactive ketones (excluding diaryl/α,β-unsaturated/α-hetero) is 1. The van der Waals surface area contributed by atoms with Gasteiger partial charge in [0.1, 0.15) is 5.78 Å². The molecule has 0 spiro atoms. The Hall–Kier alpha value is -0.458. The second-order valence-electron chi connectivity index (χ2n) is 2.68. The van der Waals surface area contributed by atoms with Gasteiger partial charge in [-0.25, -0.2) is 0 Å². The predicted octanol–water partition coefficient (Wildman–Crippen LogP) is 0.327. The van der Waals surface area contributed by atoms with Gasteiger partial charge in [0.15, 0.2) is 0 Å². The van der Waals surface area contributed by atoms with E-state index < -0.39 is 14.1 Å². The summed E-state index contributed by atoms with van der Waals surface area (Å²) in [7, 11) is 0. The van der Waals surface area contributed by atoms with Gasteiger partial charge in [-0.15, -0.1) is 0 Å². The molecule has 0 atom stereocenters. The lowest BCUT2D eigenvalue weighted by atomic mass is 10.5. The first-order chi connectivity index (χ1) is 4.95. The Morgan fingerprint density at radius 2 is 1.36 bits per heavy atom. The number of carbonyl (C=O) groups is 3. The van der Waals surface area contributed by atoms with Gasteiger partial charge >= 0.3 is 14.1 Å². The summed E-state index contributed by atoms with van der Waals surface area (Å²) in [5.41, 5.74) is 0. The van der Waals surface area contributed by atoms with E-state index >= 15 is 0 Å². The van der Waals surface area contributed by atoms with Crippen molar-refractivity contribution in [1.82, 2.24) is 0 Å². The summed E-state index contributed by atoms with van der Waals surface area (Å²) in [6.07, 6.45) is 0. The summed E-state index contributed by atoms with van der Waals surface area (Å²) in [5.74, 6) is -0.0629. The molecule has 0 saturated heterocycles. The molecule has 0 aliphatic heterocycles. The summed E-state index contributed by atoms with van der Waals surface area (Å²) < 4.78 is -0.180. The Labute approximate surface area is 70.2 Å². The molecule has 0 rings (SSSR count). The first-order valence-corrected chi connectivity index (χ1v) is 5.42. The zero-order chi connectivity index (χ0) is 9.02. The second-order valence-corrected chi connectivity index (χ2v) is 5.82. The third-order valence-electron chi connectivity index (χ3n) is 1.47. The molecule has 0 fully saturated rings. The van der Waals surface area contributed by atoms with Crippen molar-refractivity contribution in [2.75, 3.05) is 0 Å². The van der Waals surface area contributed by atoms with Crippen LogP contribution in [0.2, 0.25) is 5.28 Å². The number of hydrogen-bond donors (Lipinski definition) is 0. The third-order valence-corrected chi connectivity index (χ3v) is 4.42. The van der Waals surface area contributed by atoms with Crippen molar-refractivity contribution in [3.05, 3.63) is 0 Å². The summed E-state index contributed by atoms with van der Waals surface area (Å²) in [5, 5.41) is 0.185. The van der Waals surface area contributed by atoms with E-state index in [0.717, 1.165) is 0 Å². The van der Waals surface area contributed by atoms with Crippen LogP contribution in [-0.2, 0) is 14.4 Å². The van der Waals surface area contributed by atoms with Crippen molar-refractivity contribution in [2.24, 2.45) is 0 Å². The molecule has 4 heteroatoms. The minimum absolute atomic E-state index is 0.0629. The van der Waals surface area contributed by atoms with E-state index in [0.29, 0.717) is 0 Å². The molecule has 3 nitrogen and oxygen atoms in total. The molecule has 0 amide bonds. The van der Waals surface area contributed by atoms with Crippen molar-refractivity contribution < 1.29 is 14.4 Å². The Bertz CT molecular complexity index is 184. The molecule has 11 heavy (non-hydrogen) atoms. The second kappa shape index (κ2) is 4.43. The highest BCUT2D eigenvalue weighted by atomic mass is 27.2. The Balaban J connectivity index is 4.23. The Morgan fingerprint density at radius 1 is 1.00 bits per heavy atom. The van der Waals surface area contributed by atoms with E-state index in [1.807, 2.05) is 0 Å². The van der Waals surface area contributed by atoms with Crippen LogP contribution in [0.1, 0.15) is 20.8 Å². The zero-order valence-electron chi connectivity index (χ0n) is 7.01. The maximum atomic E-state index is 10.8. The average Bonchev–Trinajstić information content (AvgIpc) is 1.81. The van der Waals surface area contributed by atoms with Crippen LogP contribution in [0.3, 0.4) is 0 Å². The fourth-order valence-electron chi connectivity index (χ4n) is 0.861. The monoisotopic (exact) mass is 170 g/mol. The summed E-state index contributed by atoms with van der Waals surface area (Å²) in [6.45, 7) is 4.19. The lowest BCUT2D eigenvalue weighted by Crippen LogP contribution is -2.33. The van der Waals surface area contributed by atoms with Crippen LogP contribution < -0.4 is 0 Å². The number of rotatable bonds is 4. The molecule has 0 saturated carbocycles. The third kappa shape index (κ3) is 4.07. The van der Waals surface area contributed by atoms with Gasteiger partial charge < -0.3 is 14.4 Å². The molecule has 60 valence electrons. The van der Waals surface area contributed by atoms with E-state index in [1.165, 1.54) is 20.8 Å². The molecule has 0 radical (unpaired) electrons. The van der Waals surface area contributed by atoms with Crippen LogP contribution in [0, 0.1) is 0 Å². The number of carbonyl (C=O) groups excluding carboxylic acids is 3. The maximum Gasteiger partial charge on any atom is 0.467 e. The van der Waals surface area contributed by atoms with Gasteiger partial charge in [0.2, 0.25) is 0 Å². The predicted molar refractivity (Wildman–Crippen MR) is 42.6 cm³/mol. The SMILES string of the molecule is CC(=O)[CH2][Al]([C](C)=O)[C](C)=O. The highest BCUT2D eigenvalue weighted by Gasteiger charge is 2.30. The van der Waals surface area contributed by atoms with Crippen LogP contribution in [0.25, 0.3) is 0 Å². The van der Waals surface area contributed by atoms with E-state index in [1.54, 1.807) is 0 Å². The van der Waals surface area contributed by atoms with Crippen molar-refractivity contribution in [2.45, 2.75) is 26.1 Å². The summed E-state index contributed by atoms with van der Waals surface area (Å²) >= 11 is -2.07. The van der Waals surface area contributed by atoms with E-state index in [4.69, 9.17) is 0 Å².